The molecule has 2 fully saturated rings. The maximum atomic E-state index is 13.5. The number of nitrogens with zero attached hydrogens (tertiary/aromatic N) is 3. The second kappa shape index (κ2) is 12.2. The van der Waals surface area contributed by atoms with Crippen molar-refractivity contribution in [3.8, 4) is 11.3 Å². The molecule has 0 spiro atoms. The number of hydrogen-bond donors (Lipinski definition) is 0. The number of thiazole rings is 1. The van der Waals surface area contributed by atoms with Crippen molar-refractivity contribution in [3.63, 3.8) is 0 Å². The van der Waals surface area contributed by atoms with Crippen molar-refractivity contribution in [3.05, 3.63) is 101 Å². The molecule has 1 aromatic heterocycles. The summed E-state index contributed by atoms with van der Waals surface area (Å²) in [6.45, 7) is 2.66. The van der Waals surface area contributed by atoms with Gasteiger partial charge in [0.25, 0.3) is 0 Å². The van der Waals surface area contributed by atoms with E-state index in [1.165, 1.54) is 5.56 Å². The minimum absolute atomic E-state index is 0.160. The summed E-state index contributed by atoms with van der Waals surface area (Å²) in [6.07, 6.45) is 5.05. The molecule has 8 heteroatoms. The zero-order valence-corrected chi connectivity index (χ0v) is 24.2. The Kier molecular flexibility index (Phi) is 8.30. The number of para-hydroxylation sites is 1. The Hall–Kier alpha value is -3.04. The lowest BCUT2D eigenvalue weighted by Gasteiger charge is -2.31. The summed E-state index contributed by atoms with van der Waals surface area (Å²) >= 11 is 1.60. The summed E-state index contributed by atoms with van der Waals surface area (Å²) in [7, 11) is -3.53. The number of hydrogen-bond acceptors (Lipinski definition) is 5. The molecule has 0 saturated carbocycles. The average molecular weight is 574 g/mol. The van der Waals surface area contributed by atoms with E-state index < -0.39 is 10.0 Å². The average Bonchev–Trinajstić information content (AvgIpc) is 3.65. The fourth-order valence-electron chi connectivity index (χ4n) is 5.68. The van der Waals surface area contributed by atoms with Gasteiger partial charge in [-0.2, -0.15) is 4.31 Å². The summed E-state index contributed by atoms with van der Waals surface area (Å²) < 4.78 is 36.8. The van der Waals surface area contributed by atoms with Crippen molar-refractivity contribution in [2.75, 3.05) is 19.7 Å². The fourth-order valence-corrected chi connectivity index (χ4v) is 8.09. The van der Waals surface area contributed by atoms with Gasteiger partial charge in [0.1, 0.15) is 0 Å². The van der Waals surface area contributed by atoms with Crippen LogP contribution in [0.25, 0.3) is 11.3 Å². The standard InChI is InChI=1S/C32H35N3O3S2/c36-40(37,34-19-17-26(18-20-34)22-25-8-3-1-4-9-25)30-15-13-27(14-16-30)31-24-39-32(33-28-10-5-2-6-11-28)35(31)23-29-12-7-21-38-29/h1-6,8-11,13-16,24,26,29H,7,12,17-23H2. The minimum Gasteiger partial charge on any atom is -0.376 e. The second-order valence-corrected chi connectivity index (χ2v) is 13.4. The third-order valence-electron chi connectivity index (χ3n) is 7.92. The van der Waals surface area contributed by atoms with Crippen LogP contribution in [0, 0.1) is 5.92 Å². The molecule has 6 nitrogen and oxygen atoms in total. The highest BCUT2D eigenvalue weighted by Gasteiger charge is 2.29. The van der Waals surface area contributed by atoms with Crippen LogP contribution < -0.4 is 4.80 Å². The van der Waals surface area contributed by atoms with E-state index in [9.17, 15) is 8.42 Å². The molecule has 40 heavy (non-hydrogen) atoms. The number of aromatic nitrogens is 1. The first-order chi connectivity index (χ1) is 19.6. The Balaban J connectivity index is 1.20. The van der Waals surface area contributed by atoms with Gasteiger partial charge in [-0.1, -0.05) is 60.7 Å². The molecule has 2 aliphatic heterocycles. The van der Waals surface area contributed by atoms with Crippen molar-refractivity contribution < 1.29 is 13.2 Å². The van der Waals surface area contributed by atoms with Gasteiger partial charge in [0.2, 0.25) is 10.0 Å². The Morgan fingerprint density at radius 2 is 1.57 bits per heavy atom. The first kappa shape index (κ1) is 27.1. The highest BCUT2D eigenvalue weighted by atomic mass is 32.2. The molecule has 2 saturated heterocycles. The SMILES string of the molecule is O=S(=O)(c1ccc(-c2csc(=Nc3ccccc3)n2CC2CCCO2)cc1)N1CCC(Cc2ccccc2)CC1. The molecule has 4 aromatic rings. The van der Waals surface area contributed by atoms with Gasteiger partial charge in [-0.05, 0) is 73.4 Å². The van der Waals surface area contributed by atoms with Crippen LogP contribution >= 0.6 is 11.3 Å². The van der Waals surface area contributed by atoms with E-state index in [4.69, 9.17) is 9.73 Å². The molecule has 1 atom stereocenters. The molecular formula is C32H35N3O3S2. The zero-order chi connectivity index (χ0) is 27.4. The summed E-state index contributed by atoms with van der Waals surface area (Å²) in [5.74, 6) is 0.518. The van der Waals surface area contributed by atoms with Crippen LogP contribution in [0.5, 0.6) is 0 Å². The predicted molar refractivity (Wildman–Crippen MR) is 160 cm³/mol. The highest BCUT2D eigenvalue weighted by Crippen LogP contribution is 2.29. The molecule has 208 valence electrons. The maximum Gasteiger partial charge on any atom is 0.243 e. The molecule has 3 heterocycles. The largest absolute Gasteiger partial charge is 0.376 e. The Morgan fingerprint density at radius 1 is 0.875 bits per heavy atom. The number of benzene rings is 3. The van der Waals surface area contributed by atoms with E-state index in [2.05, 4.69) is 34.2 Å². The van der Waals surface area contributed by atoms with Crippen LogP contribution in [-0.2, 0) is 27.7 Å². The molecular weight excluding hydrogens is 539 g/mol. The van der Waals surface area contributed by atoms with Crippen LogP contribution in [-0.4, -0.2) is 43.1 Å². The summed E-state index contributed by atoms with van der Waals surface area (Å²) in [5, 5.41) is 2.11. The van der Waals surface area contributed by atoms with Crippen LogP contribution in [0.4, 0.5) is 5.69 Å². The van der Waals surface area contributed by atoms with Gasteiger partial charge in [0.05, 0.1) is 28.9 Å². The van der Waals surface area contributed by atoms with E-state index in [1.807, 2.05) is 48.5 Å². The molecule has 2 aliphatic rings. The third kappa shape index (κ3) is 6.15. The lowest BCUT2D eigenvalue weighted by molar-refractivity contribution is 0.0968. The Morgan fingerprint density at radius 3 is 2.25 bits per heavy atom. The van der Waals surface area contributed by atoms with Gasteiger partial charge in [0, 0.05) is 25.1 Å². The molecule has 6 rings (SSSR count). The topological polar surface area (TPSA) is 63.9 Å². The van der Waals surface area contributed by atoms with Crippen molar-refractivity contribution >= 4 is 27.0 Å². The normalized spacial score (nSPS) is 19.3. The smallest absolute Gasteiger partial charge is 0.243 e. The number of rotatable bonds is 8. The number of ether oxygens (including phenoxy) is 1. The summed E-state index contributed by atoms with van der Waals surface area (Å²) in [5.41, 5.74) is 4.24. The van der Waals surface area contributed by atoms with E-state index >= 15 is 0 Å². The Labute approximate surface area is 240 Å². The van der Waals surface area contributed by atoms with Gasteiger partial charge in [-0.3, -0.25) is 0 Å². The van der Waals surface area contributed by atoms with E-state index in [0.717, 1.165) is 67.0 Å². The van der Waals surface area contributed by atoms with Crippen LogP contribution in [0.1, 0.15) is 31.2 Å². The Bertz CT molecular complexity index is 1570. The van der Waals surface area contributed by atoms with Crippen LogP contribution in [0.2, 0.25) is 0 Å². The lowest BCUT2D eigenvalue weighted by Crippen LogP contribution is -2.38. The molecule has 0 amide bonds. The first-order valence-electron chi connectivity index (χ1n) is 14.1. The van der Waals surface area contributed by atoms with Gasteiger partial charge >= 0.3 is 0 Å². The van der Waals surface area contributed by atoms with Crippen molar-refractivity contribution in [2.45, 2.75) is 49.6 Å². The summed E-state index contributed by atoms with van der Waals surface area (Å²) in [6, 6.07) is 27.8. The van der Waals surface area contributed by atoms with Crippen LogP contribution in [0.15, 0.2) is 100 Å². The molecule has 0 N–H and O–H groups in total. The van der Waals surface area contributed by atoms with E-state index in [0.29, 0.717) is 23.9 Å². The van der Waals surface area contributed by atoms with Gasteiger partial charge in [0.15, 0.2) is 4.80 Å². The zero-order valence-electron chi connectivity index (χ0n) is 22.6. The van der Waals surface area contributed by atoms with Gasteiger partial charge < -0.3 is 9.30 Å². The summed E-state index contributed by atoms with van der Waals surface area (Å²) in [4.78, 5) is 6.17. The first-order valence-corrected chi connectivity index (χ1v) is 16.4. The lowest BCUT2D eigenvalue weighted by atomic mass is 9.91. The monoisotopic (exact) mass is 573 g/mol. The van der Waals surface area contributed by atoms with Crippen molar-refractivity contribution in [2.24, 2.45) is 10.9 Å². The minimum atomic E-state index is -3.53. The quantitative estimate of drug-likeness (QED) is 0.250. The predicted octanol–water partition coefficient (Wildman–Crippen LogP) is 6.27. The molecule has 0 aliphatic carbocycles. The fraction of sp³-hybridized carbons (Fsp3) is 0.344. The van der Waals surface area contributed by atoms with E-state index in [1.54, 1.807) is 27.8 Å². The number of sulfonamides is 1. The molecule has 1 unspecified atom stereocenters. The van der Waals surface area contributed by atoms with Crippen molar-refractivity contribution in [1.82, 2.24) is 8.87 Å². The highest BCUT2D eigenvalue weighted by molar-refractivity contribution is 7.89. The molecule has 3 aromatic carbocycles. The second-order valence-electron chi connectivity index (χ2n) is 10.7. The van der Waals surface area contributed by atoms with E-state index in [-0.39, 0.29) is 6.10 Å². The van der Waals surface area contributed by atoms with Crippen molar-refractivity contribution in [1.29, 1.82) is 0 Å². The van der Waals surface area contributed by atoms with Gasteiger partial charge in [-0.15, -0.1) is 11.3 Å². The van der Waals surface area contributed by atoms with Crippen LogP contribution in [0.3, 0.4) is 0 Å². The number of piperidine rings is 1. The molecule has 0 radical (unpaired) electrons. The third-order valence-corrected chi connectivity index (χ3v) is 10.7. The molecule has 0 bridgehead atoms. The maximum absolute atomic E-state index is 13.5. The van der Waals surface area contributed by atoms with Gasteiger partial charge in [-0.25, -0.2) is 13.4 Å².